The molecule has 72 heavy (non-hydrogen) atoms. The van der Waals surface area contributed by atoms with Crippen LogP contribution in [0.1, 0.15) is 79.1 Å². The van der Waals surface area contributed by atoms with Gasteiger partial charge < -0.3 is 90.9 Å². The number of amides is 1. The topological polar surface area (TPSA) is 358 Å². The predicted octanol–water partition coefficient (Wildman–Crippen LogP) is -0.723. The van der Waals surface area contributed by atoms with Gasteiger partial charge in [-0.2, -0.15) is 0 Å². The van der Waals surface area contributed by atoms with Crippen molar-refractivity contribution in [3.05, 3.63) is 85.1 Å². The Kier molecular flexibility index (Phi) is 26.8. The molecule has 20 atom stereocenters. The molecule has 0 radical (unpaired) electrons. The van der Waals surface area contributed by atoms with Gasteiger partial charge in [0.1, 0.15) is 12.2 Å². The molecule has 1 amide bonds. The third-order valence-electron chi connectivity index (χ3n) is 13.0. The zero-order valence-electron chi connectivity index (χ0n) is 41.7. The summed E-state index contributed by atoms with van der Waals surface area (Å²) in [6.45, 7) is 5.82. The zero-order chi connectivity index (χ0) is 53.7. The summed E-state index contributed by atoms with van der Waals surface area (Å²) in [6, 6.07) is -2.75. The molecular weight excluding hydrogens is 945 g/mol. The summed E-state index contributed by atoms with van der Waals surface area (Å²) in [6.07, 6.45) is 2.40. The largest absolute Gasteiger partial charge is 0.467 e. The lowest BCUT2D eigenvalue weighted by molar-refractivity contribution is -0.308. The number of esters is 2. The molecule has 2 bridgehead atoms. The molecule has 3 aliphatic heterocycles. The number of aliphatic hydroxyl groups is 11. The average molecular weight is 1030 g/mol. The van der Waals surface area contributed by atoms with Crippen molar-refractivity contribution in [2.75, 3.05) is 13.7 Å². The highest BCUT2D eigenvalue weighted by Gasteiger charge is 2.51. The Morgan fingerprint density at radius 3 is 1.86 bits per heavy atom. The molecule has 408 valence electrons. The van der Waals surface area contributed by atoms with Crippen LogP contribution in [0, 0.1) is 17.8 Å². The molecular formula is C51H80N2O19. The van der Waals surface area contributed by atoms with Gasteiger partial charge in [-0.3, -0.25) is 9.59 Å². The van der Waals surface area contributed by atoms with Gasteiger partial charge in [0.25, 0.3) is 0 Å². The van der Waals surface area contributed by atoms with E-state index in [1.807, 2.05) is 13.0 Å². The number of allylic oxidation sites excluding steroid dienone is 12. The highest BCUT2D eigenvalue weighted by atomic mass is 16.7. The maximum atomic E-state index is 13.9. The fraction of sp³-hybridized carbons (Fsp3) is 0.667. The Morgan fingerprint density at radius 1 is 0.722 bits per heavy atom. The van der Waals surface area contributed by atoms with Crippen LogP contribution in [-0.4, -0.2) is 191 Å². The van der Waals surface area contributed by atoms with Crippen molar-refractivity contribution in [3.8, 4) is 0 Å². The first-order chi connectivity index (χ1) is 34.0. The molecule has 21 nitrogen and oxygen atoms in total. The number of carbonyl (C=O) groups excluding carboxylic acids is 3. The van der Waals surface area contributed by atoms with Gasteiger partial charge in [0.15, 0.2) is 18.1 Å². The molecule has 1 unspecified atom stereocenters. The molecule has 0 aromatic rings. The average Bonchev–Trinajstić information content (AvgIpc) is 3.31. The molecule has 0 spiro atoms. The van der Waals surface area contributed by atoms with Crippen molar-refractivity contribution >= 4 is 17.8 Å². The molecule has 0 aromatic carbocycles. The van der Waals surface area contributed by atoms with Crippen LogP contribution >= 0.6 is 0 Å². The second kappa shape index (κ2) is 31.0. The smallest absolute Gasteiger partial charge is 0.330 e. The van der Waals surface area contributed by atoms with Gasteiger partial charge >= 0.3 is 11.9 Å². The number of methoxy groups -OCH3 is 1. The number of hydrogen-bond donors (Lipinski definition) is 13. The number of hydrogen-bond acceptors (Lipinski definition) is 20. The lowest BCUT2D eigenvalue weighted by Crippen LogP contribution is -2.62. The van der Waals surface area contributed by atoms with Gasteiger partial charge in [0.05, 0.1) is 99.2 Å². The number of cyclic esters (lactones) is 1. The quantitative estimate of drug-likeness (QED) is 0.146. The van der Waals surface area contributed by atoms with Gasteiger partial charge in [-0.15, -0.1) is 0 Å². The van der Waals surface area contributed by atoms with Gasteiger partial charge in [0.2, 0.25) is 5.91 Å². The first kappa shape index (κ1) is 62.3. The van der Waals surface area contributed by atoms with Gasteiger partial charge in [-0.25, -0.2) is 4.79 Å². The van der Waals surface area contributed by atoms with E-state index >= 15 is 0 Å². The SMILES string of the molecule is COC(=O)C(CO)NC(=O)[C@H]1[C@@H]2C[C@@H](O[C@H]3O[C@@H](C)[C@H](O)[C@@H](N)[C@H]3O)/C=C/C=C/C=C/C=C/C=C/C=C/C=C/[C@H](C)[C@@H](O)[C@@H](C)[C@H](C)OC(=O)C[C@H](O)C[C@H](O)C[C@H](O)CC[C@@H](O)[C@H](O)C[C@](O)(C[C@@H]1O)O2. The van der Waals surface area contributed by atoms with Crippen LogP contribution in [0.3, 0.4) is 0 Å². The van der Waals surface area contributed by atoms with Crippen molar-refractivity contribution in [2.24, 2.45) is 23.5 Å². The van der Waals surface area contributed by atoms with Crippen molar-refractivity contribution in [1.82, 2.24) is 5.32 Å². The number of nitrogens with one attached hydrogen (secondary N) is 1. The van der Waals surface area contributed by atoms with Gasteiger partial charge in [-0.1, -0.05) is 98.9 Å². The van der Waals surface area contributed by atoms with Crippen LogP contribution in [0.25, 0.3) is 0 Å². The molecule has 2 fully saturated rings. The number of nitrogens with two attached hydrogens (primary N) is 1. The zero-order valence-corrected chi connectivity index (χ0v) is 41.7. The number of aliphatic hydroxyl groups excluding tert-OH is 10. The molecule has 0 saturated carbocycles. The van der Waals surface area contributed by atoms with E-state index in [0.717, 1.165) is 7.11 Å². The minimum atomic E-state index is -2.44. The molecule has 3 rings (SSSR count). The molecule has 14 N–H and O–H groups in total. The second-order valence-corrected chi connectivity index (χ2v) is 19.0. The summed E-state index contributed by atoms with van der Waals surface area (Å²) in [5.74, 6) is -7.55. The van der Waals surface area contributed by atoms with Crippen molar-refractivity contribution in [1.29, 1.82) is 0 Å². The third kappa shape index (κ3) is 20.4. The monoisotopic (exact) mass is 1020 g/mol. The lowest BCUT2D eigenvalue weighted by atomic mass is 9.82. The summed E-state index contributed by atoms with van der Waals surface area (Å²) < 4.78 is 28.2. The van der Waals surface area contributed by atoms with Gasteiger partial charge in [-0.05, 0) is 39.5 Å². The summed E-state index contributed by atoms with van der Waals surface area (Å²) in [5, 5.41) is 122. The Balaban J connectivity index is 1.97. The first-order valence-electron chi connectivity index (χ1n) is 24.5. The fourth-order valence-electron chi connectivity index (χ4n) is 8.56. The highest BCUT2D eigenvalue weighted by Crippen LogP contribution is 2.38. The number of ether oxygens (including phenoxy) is 5. The van der Waals surface area contributed by atoms with E-state index in [2.05, 4.69) is 10.1 Å². The standard InChI is InChI=1S/C51H80N2O19/c1-29-18-16-14-12-10-8-6-7-9-11-13-15-17-19-36(71-50-47(64)44(52)46(63)32(4)70-50)25-41-43(48(65)53-37(28-54)49(66)68-5)40(60)27-51(67,72-41)26-39(59)38(58)21-20-33(55)22-34(56)23-35(57)24-42(61)69-31(3)30(2)45(29)62/h6-19,29-41,43-47,50,54-60,62-64,67H,20-28,52H2,1-5H3,(H,53,65)/b7-6+,10-8+,11-9+,14-12+,15-13+,18-16+,19-17+/t29-,30-,31-,32-,33+,34+,35+,36-,37?,38+,39+,40-,41-,43+,44+,45+,46-,47+,50+,51+/m0/s1. The van der Waals surface area contributed by atoms with Gasteiger partial charge in [0, 0.05) is 31.1 Å². The minimum Gasteiger partial charge on any atom is -0.467 e. The number of rotatable bonds is 6. The Bertz CT molecular complexity index is 1870. The number of fused-ring (bicyclic) bond motifs is 2. The molecule has 3 heterocycles. The maximum absolute atomic E-state index is 13.9. The minimum absolute atomic E-state index is 0.175. The lowest BCUT2D eigenvalue weighted by Gasteiger charge is -2.46. The van der Waals surface area contributed by atoms with Crippen LogP contribution in [-0.2, 0) is 38.1 Å². The molecule has 21 heteroatoms. The highest BCUT2D eigenvalue weighted by molar-refractivity contribution is 5.86. The van der Waals surface area contributed by atoms with Crippen molar-refractivity contribution < 1.29 is 94.2 Å². The Hall–Kier alpha value is -4.01. The molecule has 3 aliphatic rings. The summed E-state index contributed by atoms with van der Waals surface area (Å²) in [7, 11) is 1.04. The first-order valence-corrected chi connectivity index (χ1v) is 24.5. The van der Waals surface area contributed by atoms with Crippen LogP contribution < -0.4 is 11.1 Å². The van der Waals surface area contributed by atoms with Crippen molar-refractivity contribution in [2.45, 2.75) is 183 Å². The number of carbonyl (C=O) groups is 3. The van der Waals surface area contributed by atoms with Crippen LogP contribution in [0.15, 0.2) is 85.1 Å². The second-order valence-electron chi connectivity index (χ2n) is 19.0. The molecule has 2 saturated heterocycles. The normalized spacial score (nSPS) is 42.5. The van der Waals surface area contributed by atoms with E-state index in [0.29, 0.717) is 0 Å². The molecule has 0 aliphatic carbocycles. The summed E-state index contributed by atoms with van der Waals surface area (Å²) >= 11 is 0. The summed E-state index contributed by atoms with van der Waals surface area (Å²) in [5.41, 5.74) is 6.08. The van der Waals surface area contributed by atoms with Crippen molar-refractivity contribution in [3.63, 3.8) is 0 Å². The van der Waals surface area contributed by atoms with E-state index in [9.17, 15) is 70.6 Å². The van der Waals surface area contributed by atoms with E-state index in [-0.39, 0.29) is 38.0 Å². The fourth-order valence-corrected chi connectivity index (χ4v) is 8.56. The van der Waals surface area contributed by atoms with Crippen LogP contribution in [0.5, 0.6) is 0 Å². The predicted molar refractivity (Wildman–Crippen MR) is 260 cm³/mol. The van der Waals surface area contributed by atoms with E-state index < -0.39 is 159 Å². The molecule has 0 aromatic heterocycles. The van der Waals surface area contributed by atoms with E-state index in [1.165, 1.54) is 13.0 Å². The Morgan fingerprint density at radius 2 is 1.28 bits per heavy atom. The Labute approximate surface area is 421 Å². The van der Waals surface area contributed by atoms with E-state index in [1.54, 1.807) is 86.8 Å². The van der Waals surface area contributed by atoms with Crippen LogP contribution in [0.4, 0.5) is 0 Å². The summed E-state index contributed by atoms with van der Waals surface area (Å²) in [4.78, 5) is 38.9. The van der Waals surface area contributed by atoms with E-state index in [4.69, 9.17) is 24.7 Å². The van der Waals surface area contributed by atoms with Crippen LogP contribution in [0.2, 0.25) is 0 Å². The third-order valence-corrected chi connectivity index (χ3v) is 13.0. The maximum Gasteiger partial charge on any atom is 0.330 e.